The fourth-order valence-electron chi connectivity index (χ4n) is 11.1. The number of rotatable bonds is 6. The highest BCUT2D eigenvalue weighted by molar-refractivity contribution is 7.91. The van der Waals surface area contributed by atoms with Crippen LogP contribution in [0.2, 0.25) is 0 Å². The summed E-state index contributed by atoms with van der Waals surface area (Å²) in [6.45, 7) is 15.4. The molecule has 6 heterocycles. The lowest BCUT2D eigenvalue weighted by atomic mass is 9.71. The minimum atomic E-state index is -3.61. The summed E-state index contributed by atoms with van der Waals surface area (Å²) in [5, 5.41) is 9.72. The average Bonchev–Trinajstić information content (AvgIpc) is 3.91. The third kappa shape index (κ3) is 9.97. The van der Waals surface area contributed by atoms with Crippen LogP contribution >= 0.6 is 0 Å². The molecule has 2 aromatic carbocycles. The fraction of sp³-hybridized carbons (Fsp3) is 0.608. The molecular weight excluding hydrogens is 903 g/mol. The normalized spacial score (nSPS) is 22.1. The monoisotopic (exact) mass is 973 g/mol. The Bertz CT molecular complexity index is 2690. The Balaban J connectivity index is 0.000000177. The number of carbonyl (C=O) groups excluding carboxylic acids is 2. The van der Waals surface area contributed by atoms with Gasteiger partial charge in [0.25, 0.3) is 11.8 Å². The number of amides is 2. The molecule has 68 heavy (non-hydrogen) atoms. The SMILES string of the molecule is CC.CC(C)(C)C1CCC(n2nc(C(=O)N3CCOCC3)c3c2-c2ccccc2S(=O)(=O)C3)CC1.CN(C)Cc1cccc2c1S(=O)(=O)Cc1c(C(=O)N3CCOCC3)nn(C3CCCCC3)c1-2. The van der Waals surface area contributed by atoms with E-state index in [9.17, 15) is 26.4 Å². The summed E-state index contributed by atoms with van der Waals surface area (Å²) in [5.74, 6) is -0.0827. The van der Waals surface area contributed by atoms with Crippen molar-refractivity contribution in [1.82, 2.24) is 34.3 Å². The zero-order valence-corrected chi connectivity index (χ0v) is 42.8. The summed E-state index contributed by atoms with van der Waals surface area (Å²) in [5.41, 5.74) is 5.77. The van der Waals surface area contributed by atoms with Gasteiger partial charge in [0.2, 0.25) is 0 Å². The third-order valence-corrected chi connectivity index (χ3v) is 18.0. The maximum absolute atomic E-state index is 13.6. The van der Waals surface area contributed by atoms with Gasteiger partial charge < -0.3 is 24.2 Å². The number of morpholine rings is 2. The maximum atomic E-state index is 13.6. The van der Waals surface area contributed by atoms with Crippen LogP contribution in [-0.4, -0.2) is 130 Å². The van der Waals surface area contributed by atoms with Gasteiger partial charge in [0.05, 0.1) is 71.2 Å². The van der Waals surface area contributed by atoms with E-state index >= 15 is 0 Å². The molecule has 4 aromatic rings. The van der Waals surface area contributed by atoms with Gasteiger partial charge in [-0.2, -0.15) is 10.2 Å². The highest BCUT2D eigenvalue weighted by atomic mass is 32.2. The number of benzene rings is 2. The summed E-state index contributed by atoms with van der Waals surface area (Å²) in [6.07, 6.45) is 9.63. The molecule has 2 saturated carbocycles. The average molecular weight is 974 g/mol. The minimum Gasteiger partial charge on any atom is -0.378 e. The van der Waals surface area contributed by atoms with Gasteiger partial charge in [0.15, 0.2) is 31.1 Å². The van der Waals surface area contributed by atoms with E-state index in [1.54, 1.807) is 21.9 Å². The second kappa shape index (κ2) is 20.5. The van der Waals surface area contributed by atoms with Gasteiger partial charge in [-0.15, -0.1) is 0 Å². The summed E-state index contributed by atoms with van der Waals surface area (Å²) >= 11 is 0. The summed E-state index contributed by atoms with van der Waals surface area (Å²) in [4.78, 5) is 33.2. The first-order valence-electron chi connectivity index (χ1n) is 24.8. The molecule has 0 unspecified atom stereocenters. The van der Waals surface area contributed by atoms with Crippen LogP contribution in [0.3, 0.4) is 0 Å². The standard InChI is InChI=1S/C25H33N3O4S.C24H32N4O4S.C2H6/c1-25(2,3)17-8-10-18(11-9-17)28-23-19-6-4-5-7-21(19)33(30,31)16-20(23)22(26-28)24(29)27-12-14-32-15-13-27;1-26(2)15-17-7-6-10-19-22-20(16-33(30,31)23(17)19)21(24(29)27-11-13-32-14-12-27)25-28(22)18-8-4-3-5-9-18;1-2/h4-7,17-18H,8-16H2,1-3H3;6-7,10,18H,3-5,8-9,11-16H2,1-2H3;1-2H3. The Morgan fingerprint density at radius 2 is 1.13 bits per heavy atom. The zero-order chi connectivity index (χ0) is 48.5. The van der Waals surface area contributed by atoms with E-state index in [1.807, 2.05) is 72.5 Å². The van der Waals surface area contributed by atoms with Crippen LogP contribution in [-0.2, 0) is 47.2 Å². The summed E-state index contributed by atoms with van der Waals surface area (Å²) in [6, 6.07) is 13.2. The van der Waals surface area contributed by atoms with Crippen LogP contribution in [0.1, 0.15) is 142 Å². The number of sulfone groups is 2. The second-order valence-electron chi connectivity index (χ2n) is 20.3. The molecule has 0 bridgehead atoms. The first kappa shape index (κ1) is 50.0. The van der Waals surface area contributed by atoms with Crippen molar-refractivity contribution in [2.45, 2.75) is 132 Å². The summed E-state index contributed by atoms with van der Waals surface area (Å²) in [7, 11) is -3.28. The Labute approximate surface area is 403 Å². The minimum absolute atomic E-state index is 0.164. The first-order valence-corrected chi connectivity index (χ1v) is 28.1. The molecule has 370 valence electrons. The van der Waals surface area contributed by atoms with E-state index in [-0.39, 0.29) is 40.8 Å². The van der Waals surface area contributed by atoms with Gasteiger partial charge in [-0.25, -0.2) is 16.8 Å². The molecule has 0 radical (unpaired) electrons. The van der Waals surface area contributed by atoms with Crippen molar-refractivity contribution in [3.63, 3.8) is 0 Å². The smallest absolute Gasteiger partial charge is 0.274 e. The number of hydrogen-bond acceptors (Lipinski definition) is 11. The highest BCUT2D eigenvalue weighted by Crippen LogP contribution is 2.47. The Hall–Kier alpha value is -4.42. The molecule has 2 amide bonds. The Morgan fingerprint density at radius 1 is 0.647 bits per heavy atom. The number of carbonyl (C=O) groups is 2. The van der Waals surface area contributed by atoms with Crippen molar-refractivity contribution in [1.29, 1.82) is 0 Å². The molecule has 2 aliphatic carbocycles. The lowest BCUT2D eigenvalue weighted by Gasteiger charge is -2.37. The van der Waals surface area contributed by atoms with Crippen molar-refractivity contribution in [2.24, 2.45) is 11.3 Å². The van der Waals surface area contributed by atoms with E-state index in [1.165, 1.54) is 6.42 Å². The van der Waals surface area contributed by atoms with Crippen LogP contribution in [0.5, 0.6) is 0 Å². The van der Waals surface area contributed by atoms with Gasteiger partial charge in [0, 0.05) is 55.0 Å². The van der Waals surface area contributed by atoms with E-state index in [0.717, 1.165) is 68.3 Å². The fourth-order valence-corrected chi connectivity index (χ4v) is 14.5. The van der Waals surface area contributed by atoms with Gasteiger partial charge in [-0.3, -0.25) is 19.0 Å². The van der Waals surface area contributed by atoms with Crippen LogP contribution in [0.25, 0.3) is 22.5 Å². The molecule has 17 heteroatoms. The lowest BCUT2D eigenvalue weighted by molar-refractivity contribution is 0.0296. The molecule has 10 rings (SSSR count). The van der Waals surface area contributed by atoms with Gasteiger partial charge in [-0.1, -0.05) is 90.3 Å². The van der Waals surface area contributed by atoms with Crippen molar-refractivity contribution in [3.8, 4) is 22.5 Å². The predicted octanol–water partition coefficient (Wildman–Crippen LogP) is 7.99. The van der Waals surface area contributed by atoms with E-state index in [4.69, 9.17) is 19.7 Å². The zero-order valence-electron chi connectivity index (χ0n) is 41.1. The molecule has 0 atom stereocenters. The molecule has 6 aliphatic rings. The predicted molar refractivity (Wildman–Crippen MR) is 262 cm³/mol. The molecular formula is C51H71N7O8S2. The van der Waals surface area contributed by atoms with Crippen LogP contribution < -0.4 is 0 Å². The number of aromatic nitrogens is 4. The third-order valence-electron chi connectivity index (χ3n) is 14.5. The molecule has 4 fully saturated rings. The molecule has 4 aliphatic heterocycles. The number of fused-ring (bicyclic) bond motifs is 6. The molecule has 2 saturated heterocycles. The van der Waals surface area contributed by atoms with Crippen molar-refractivity contribution < 1.29 is 35.9 Å². The van der Waals surface area contributed by atoms with Crippen LogP contribution in [0.15, 0.2) is 52.3 Å². The van der Waals surface area contributed by atoms with Gasteiger partial charge in [0.1, 0.15) is 0 Å². The van der Waals surface area contributed by atoms with Crippen molar-refractivity contribution in [2.75, 3.05) is 66.7 Å². The molecule has 2 aromatic heterocycles. The number of ether oxygens (including phenoxy) is 2. The van der Waals surface area contributed by atoms with E-state index in [0.29, 0.717) is 109 Å². The quantitative estimate of drug-likeness (QED) is 0.184. The Morgan fingerprint density at radius 3 is 1.66 bits per heavy atom. The van der Waals surface area contributed by atoms with E-state index in [2.05, 4.69) is 20.8 Å². The molecule has 15 nitrogen and oxygen atoms in total. The first-order chi connectivity index (χ1) is 32.5. The molecule has 0 spiro atoms. The number of hydrogen-bond donors (Lipinski definition) is 0. The lowest BCUT2D eigenvalue weighted by Crippen LogP contribution is -2.41. The number of nitrogens with zero attached hydrogens (tertiary/aromatic N) is 7. The second-order valence-corrected chi connectivity index (χ2v) is 24.1. The highest BCUT2D eigenvalue weighted by Gasteiger charge is 2.42. The van der Waals surface area contributed by atoms with Crippen molar-refractivity contribution in [3.05, 3.63) is 70.5 Å². The summed E-state index contributed by atoms with van der Waals surface area (Å²) < 4.78 is 68.2. The topological polar surface area (TPSA) is 166 Å². The van der Waals surface area contributed by atoms with Crippen LogP contribution in [0, 0.1) is 11.3 Å². The van der Waals surface area contributed by atoms with Gasteiger partial charge in [-0.05, 0) is 75.6 Å². The molecule has 0 N–H and O–H groups in total. The van der Waals surface area contributed by atoms with E-state index < -0.39 is 19.7 Å². The van der Waals surface area contributed by atoms with Crippen molar-refractivity contribution >= 4 is 31.5 Å². The van der Waals surface area contributed by atoms with Gasteiger partial charge >= 0.3 is 0 Å². The maximum Gasteiger partial charge on any atom is 0.274 e. The Kier molecular flexibility index (Phi) is 15.1. The van der Waals surface area contributed by atoms with Crippen LogP contribution in [0.4, 0.5) is 0 Å². The largest absolute Gasteiger partial charge is 0.378 e.